The maximum Gasteiger partial charge on any atom is 0.240 e. The van der Waals surface area contributed by atoms with Gasteiger partial charge in [0, 0.05) is 18.2 Å². The average Bonchev–Trinajstić information content (AvgIpc) is 3.20. The molecule has 1 amide bonds. The number of carbonyl (C=O) groups excluding carboxylic acids is 1. The number of hydrogen-bond donors (Lipinski definition) is 2. The number of nitrogens with zero attached hydrogens (tertiary/aromatic N) is 2. The van der Waals surface area contributed by atoms with Crippen LogP contribution in [0.1, 0.15) is 29.7 Å². The van der Waals surface area contributed by atoms with Gasteiger partial charge in [-0.1, -0.05) is 0 Å². The summed E-state index contributed by atoms with van der Waals surface area (Å²) in [6, 6.07) is 2.31. The lowest BCUT2D eigenvalue weighted by Crippen LogP contribution is -2.43. The average molecular weight is 290 g/mol. The van der Waals surface area contributed by atoms with E-state index in [-0.39, 0.29) is 24.4 Å². The van der Waals surface area contributed by atoms with Gasteiger partial charge in [0.05, 0.1) is 6.54 Å². The highest BCUT2D eigenvalue weighted by Gasteiger charge is 2.33. The summed E-state index contributed by atoms with van der Waals surface area (Å²) in [6.45, 7) is 4.37. The molecule has 114 valence electrons. The molecule has 1 heterocycles. The Morgan fingerprint density at radius 3 is 2.76 bits per heavy atom. The second kappa shape index (κ2) is 6.29. The molecular formula is C15H22N4O2. The maximum atomic E-state index is 12.1. The third-order valence-corrected chi connectivity index (χ3v) is 4.12. The Bertz CT molecular complexity index is 569. The van der Waals surface area contributed by atoms with E-state index in [9.17, 15) is 4.79 Å². The van der Waals surface area contributed by atoms with Crippen molar-refractivity contribution in [3.05, 3.63) is 16.9 Å². The van der Waals surface area contributed by atoms with Gasteiger partial charge in [0.15, 0.2) is 0 Å². The summed E-state index contributed by atoms with van der Waals surface area (Å²) in [5.74, 6) is 1.30. The summed E-state index contributed by atoms with van der Waals surface area (Å²) in [5, 5.41) is 11.8. The molecule has 0 aliphatic heterocycles. The number of nitrogens with one attached hydrogen (secondary N) is 1. The molecule has 1 unspecified atom stereocenters. The first-order valence-electron chi connectivity index (χ1n) is 7.18. The normalized spacial score (nSPS) is 15.8. The molecule has 1 aromatic rings. The molecular weight excluding hydrogens is 268 g/mol. The summed E-state index contributed by atoms with van der Waals surface area (Å²) >= 11 is 0. The van der Waals surface area contributed by atoms with Crippen molar-refractivity contribution in [1.29, 1.82) is 5.26 Å². The SMILES string of the molecule is Cc1oc(NC(=O)CN(C)C(CN)C2CC2)c(C#N)c1C. The van der Waals surface area contributed by atoms with Crippen LogP contribution in [0.5, 0.6) is 0 Å². The molecule has 1 saturated carbocycles. The fourth-order valence-corrected chi connectivity index (χ4v) is 2.57. The van der Waals surface area contributed by atoms with Gasteiger partial charge in [-0.25, -0.2) is 0 Å². The number of carbonyl (C=O) groups is 1. The van der Waals surface area contributed by atoms with E-state index >= 15 is 0 Å². The third kappa shape index (κ3) is 3.43. The quantitative estimate of drug-likeness (QED) is 0.825. The van der Waals surface area contributed by atoms with E-state index in [0.29, 0.717) is 23.8 Å². The van der Waals surface area contributed by atoms with Gasteiger partial charge in [-0.3, -0.25) is 15.0 Å². The number of likely N-dealkylation sites (N-methyl/N-ethyl adjacent to an activating group) is 1. The molecule has 2 rings (SSSR count). The first kappa shape index (κ1) is 15.5. The number of hydrogen-bond acceptors (Lipinski definition) is 5. The number of rotatable bonds is 6. The third-order valence-electron chi connectivity index (χ3n) is 4.12. The number of anilines is 1. The van der Waals surface area contributed by atoms with E-state index in [4.69, 9.17) is 15.4 Å². The topological polar surface area (TPSA) is 95.3 Å². The summed E-state index contributed by atoms with van der Waals surface area (Å²) in [5.41, 5.74) is 6.93. The first-order chi connectivity index (χ1) is 9.97. The van der Waals surface area contributed by atoms with Gasteiger partial charge in [0.2, 0.25) is 11.8 Å². The van der Waals surface area contributed by atoms with Crippen LogP contribution in [0.3, 0.4) is 0 Å². The van der Waals surface area contributed by atoms with Gasteiger partial charge in [0.25, 0.3) is 0 Å². The molecule has 0 radical (unpaired) electrons. The lowest BCUT2D eigenvalue weighted by molar-refractivity contribution is -0.117. The number of amides is 1. The van der Waals surface area contributed by atoms with Crippen molar-refractivity contribution >= 4 is 11.8 Å². The zero-order chi connectivity index (χ0) is 15.6. The number of aryl methyl sites for hydroxylation is 1. The van der Waals surface area contributed by atoms with E-state index in [1.54, 1.807) is 13.8 Å². The van der Waals surface area contributed by atoms with E-state index < -0.39 is 0 Å². The van der Waals surface area contributed by atoms with Crippen molar-refractivity contribution in [2.45, 2.75) is 32.7 Å². The van der Waals surface area contributed by atoms with Crippen LogP contribution in [0.15, 0.2) is 4.42 Å². The second-order valence-corrected chi connectivity index (χ2v) is 5.70. The molecule has 0 saturated heterocycles. The Kier molecular flexibility index (Phi) is 4.66. The van der Waals surface area contributed by atoms with Crippen LogP contribution in [0.2, 0.25) is 0 Å². The molecule has 0 aromatic carbocycles. The molecule has 1 aromatic heterocycles. The van der Waals surface area contributed by atoms with Gasteiger partial charge in [-0.05, 0) is 39.7 Å². The minimum Gasteiger partial charge on any atom is -0.444 e. The van der Waals surface area contributed by atoms with Crippen LogP contribution in [0.25, 0.3) is 0 Å². The van der Waals surface area contributed by atoms with E-state index in [2.05, 4.69) is 11.4 Å². The number of furan rings is 1. The minimum absolute atomic E-state index is 0.193. The van der Waals surface area contributed by atoms with Gasteiger partial charge in [-0.15, -0.1) is 0 Å². The zero-order valence-corrected chi connectivity index (χ0v) is 12.8. The molecule has 3 N–H and O–H groups in total. The van der Waals surface area contributed by atoms with Crippen LogP contribution in [0.4, 0.5) is 5.88 Å². The predicted octanol–water partition coefficient (Wildman–Crippen LogP) is 1.38. The second-order valence-electron chi connectivity index (χ2n) is 5.70. The van der Waals surface area contributed by atoms with Crippen molar-refractivity contribution < 1.29 is 9.21 Å². The van der Waals surface area contributed by atoms with Gasteiger partial charge in [-0.2, -0.15) is 5.26 Å². The highest BCUT2D eigenvalue weighted by atomic mass is 16.4. The highest BCUT2D eigenvalue weighted by Crippen LogP contribution is 2.34. The fraction of sp³-hybridized carbons (Fsp3) is 0.600. The van der Waals surface area contributed by atoms with Gasteiger partial charge >= 0.3 is 0 Å². The maximum absolute atomic E-state index is 12.1. The van der Waals surface area contributed by atoms with E-state index in [0.717, 1.165) is 5.56 Å². The Balaban J connectivity index is 1.98. The predicted molar refractivity (Wildman–Crippen MR) is 79.7 cm³/mol. The molecule has 1 fully saturated rings. The molecule has 6 nitrogen and oxygen atoms in total. The smallest absolute Gasteiger partial charge is 0.240 e. The van der Waals surface area contributed by atoms with E-state index in [1.807, 2.05) is 11.9 Å². The minimum atomic E-state index is -0.193. The lowest BCUT2D eigenvalue weighted by Gasteiger charge is -2.26. The summed E-state index contributed by atoms with van der Waals surface area (Å²) < 4.78 is 5.44. The van der Waals surface area contributed by atoms with Crippen molar-refractivity contribution in [3.63, 3.8) is 0 Å². The molecule has 0 bridgehead atoms. The first-order valence-corrected chi connectivity index (χ1v) is 7.18. The van der Waals surface area contributed by atoms with Crippen LogP contribution in [0, 0.1) is 31.1 Å². The highest BCUT2D eigenvalue weighted by molar-refractivity contribution is 5.92. The van der Waals surface area contributed by atoms with Gasteiger partial charge < -0.3 is 10.2 Å². The Labute approximate surface area is 124 Å². The summed E-state index contributed by atoms with van der Waals surface area (Å²) in [7, 11) is 1.90. The summed E-state index contributed by atoms with van der Waals surface area (Å²) in [6.07, 6.45) is 2.37. The van der Waals surface area contributed by atoms with E-state index in [1.165, 1.54) is 12.8 Å². The fourth-order valence-electron chi connectivity index (χ4n) is 2.57. The molecule has 0 spiro atoms. The van der Waals surface area contributed by atoms with Crippen LogP contribution >= 0.6 is 0 Å². The summed E-state index contributed by atoms with van der Waals surface area (Å²) in [4.78, 5) is 14.1. The van der Waals surface area contributed by atoms with Crippen molar-refractivity contribution in [2.24, 2.45) is 11.7 Å². The Morgan fingerprint density at radius 2 is 2.24 bits per heavy atom. The van der Waals surface area contributed by atoms with Gasteiger partial charge in [0.1, 0.15) is 17.4 Å². The molecule has 1 aliphatic rings. The largest absolute Gasteiger partial charge is 0.444 e. The van der Waals surface area contributed by atoms with Crippen molar-refractivity contribution in [3.8, 4) is 6.07 Å². The zero-order valence-electron chi connectivity index (χ0n) is 12.8. The Morgan fingerprint density at radius 1 is 1.57 bits per heavy atom. The standard InChI is InChI=1S/C15H22N4O2/c1-9-10(2)21-15(12(9)6-16)18-14(20)8-19(3)13(7-17)11-4-5-11/h11,13H,4-5,7-8,17H2,1-3H3,(H,18,20). The number of nitrogens with two attached hydrogens (primary N) is 1. The van der Waals surface area contributed by atoms with Crippen LogP contribution in [-0.2, 0) is 4.79 Å². The van der Waals surface area contributed by atoms with Crippen LogP contribution in [-0.4, -0.2) is 37.0 Å². The van der Waals surface area contributed by atoms with Crippen molar-refractivity contribution in [2.75, 3.05) is 25.5 Å². The monoisotopic (exact) mass is 290 g/mol. The Hall–Kier alpha value is -1.84. The molecule has 6 heteroatoms. The molecule has 1 aliphatic carbocycles. The van der Waals surface area contributed by atoms with Crippen LogP contribution < -0.4 is 11.1 Å². The van der Waals surface area contributed by atoms with Crippen molar-refractivity contribution in [1.82, 2.24) is 4.90 Å². The number of nitriles is 1. The lowest BCUT2D eigenvalue weighted by atomic mass is 10.1. The molecule has 1 atom stereocenters. The molecule has 21 heavy (non-hydrogen) atoms.